The second-order valence-electron chi connectivity index (χ2n) is 3.40. The number of rotatable bonds is 1. The van der Waals surface area contributed by atoms with Crippen molar-refractivity contribution in [1.29, 1.82) is 0 Å². The molecule has 0 aromatic carbocycles. The number of hydrogen-bond acceptors (Lipinski definition) is 3. The number of aliphatic hydroxyl groups is 1. The van der Waals surface area contributed by atoms with Gasteiger partial charge in [-0.2, -0.15) is 0 Å². The van der Waals surface area contributed by atoms with Crippen LogP contribution in [0.2, 0.25) is 0 Å². The highest BCUT2D eigenvalue weighted by Crippen LogP contribution is 2.34. The Bertz CT molecular complexity index is 271. The molecule has 12 heavy (non-hydrogen) atoms. The van der Waals surface area contributed by atoms with E-state index in [0.29, 0.717) is 5.92 Å². The Balaban J connectivity index is 2.19. The van der Waals surface area contributed by atoms with Crippen LogP contribution in [0.25, 0.3) is 0 Å². The van der Waals surface area contributed by atoms with Gasteiger partial charge in [-0.3, -0.25) is 0 Å². The van der Waals surface area contributed by atoms with Crippen LogP contribution in [-0.2, 0) is 0 Å². The summed E-state index contributed by atoms with van der Waals surface area (Å²) in [7, 11) is 0. The predicted molar refractivity (Wildman–Crippen MR) is 49.4 cm³/mol. The van der Waals surface area contributed by atoms with E-state index in [1.807, 2.05) is 6.92 Å². The quantitative estimate of drug-likeness (QED) is 0.723. The monoisotopic (exact) mass is 183 g/mol. The Kier molecular flexibility index (Phi) is 2.15. The molecule has 0 unspecified atom stereocenters. The van der Waals surface area contributed by atoms with Gasteiger partial charge in [0.2, 0.25) is 0 Å². The molecule has 0 bridgehead atoms. The molecule has 66 valence electrons. The third-order valence-corrected chi connectivity index (χ3v) is 3.29. The van der Waals surface area contributed by atoms with E-state index in [1.165, 1.54) is 0 Å². The van der Waals surface area contributed by atoms with Gasteiger partial charge in [0.25, 0.3) is 0 Å². The first kappa shape index (κ1) is 8.20. The van der Waals surface area contributed by atoms with Crippen molar-refractivity contribution in [2.75, 3.05) is 0 Å². The first-order valence-electron chi connectivity index (χ1n) is 4.37. The first-order chi connectivity index (χ1) is 5.77. The fraction of sp³-hybridized carbons (Fsp3) is 0.667. The van der Waals surface area contributed by atoms with Crippen molar-refractivity contribution >= 4 is 11.3 Å². The molecule has 1 aliphatic carbocycles. The van der Waals surface area contributed by atoms with Gasteiger partial charge in [0.1, 0.15) is 0 Å². The highest BCUT2D eigenvalue weighted by molar-refractivity contribution is 7.09. The van der Waals surface area contributed by atoms with Crippen LogP contribution >= 0.6 is 11.3 Å². The Morgan fingerprint density at radius 1 is 1.58 bits per heavy atom. The van der Waals surface area contributed by atoms with Gasteiger partial charge < -0.3 is 5.11 Å². The van der Waals surface area contributed by atoms with Crippen LogP contribution in [0.3, 0.4) is 0 Å². The number of nitrogens with zero attached hydrogens (tertiary/aromatic N) is 1. The molecule has 0 saturated heterocycles. The van der Waals surface area contributed by atoms with E-state index in [-0.39, 0.29) is 6.10 Å². The summed E-state index contributed by atoms with van der Waals surface area (Å²) in [6, 6.07) is 0. The fourth-order valence-corrected chi connectivity index (χ4v) is 2.51. The third kappa shape index (κ3) is 1.39. The Morgan fingerprint density at radius 2 is 2.42 bits per heavy atom. The van der Waals surface area contributed by atoms with Crippen molar-refractivity contribution < 1.29 is 5.11 Å². The highest BCUT2D eigenvalue weighted by Gasteiger charge is 2.28. The summed E-state index contributed by atoms with van der Waals surface area (Å²) in [5.74, 6) is 0.315. The summed E-state index contributed by atoms with van der Waals surface area (Å²) in [5.41, 5.74) is 1.10. The highest BCUT2D eigenvalue weighted by atomic mass is 32.1. The van der Waals surface area contributed by atoms with Gasteiger partial charge in [0.15, 0.2) is 0 Å². The molecular weight excluding hydrogens is 170 g/mol. The number of hydrogen-bond donors (Lipinski definition) is 1. The van der Waals surface area contributed by atoms with Crippen molar-refractivity contribution in [2.24, 2.45) is 0 Å². The number of aromatic nitrogens is 1. The number of aryl methyl sites for hydroxylation is 1. The lowest BCUT2D eigenvalue weighted by atomic mass is 10.0. The molecule has 1 N–H and O–H groups in total. The van der Waals surface area contributed by atoms with Crippen molar-refractivity contribution in [3.05, 3.63) is 16.1 Å². The summed E-state index contributed by atoms with van der Waals surface area (Å²) < 4.78 is 0. The molecule has 0 spiro atoms. The molecule has 1 aliphatic rings. The van der Waals surface area contributed by atoms with E-state index in [2.05, 4.69) is 10.4 Å². The van der Waals surface area contributed by atoms with Crippen LogP contribution < -0.4 is 0 Å². The molecule has 1 fully saturated rings. The van der Waals surface area contributed by atoms with Crippen LogP contribution in [-0.4, -0.2) is 16.2 Å². The standard InChI is InChI=1S/C9H13NOS/c1-6-10-8(5-12-6)7-3-2-4-9(7)11/h5,7,9,11H,2-4H2,1H3/t7-,9+/m0/s1. The van der Waals surface area contributed by atoms with Gasteiger partial charge in [-0.05, 0) is 19.8 Å². The predicted octanol–water partition coefficient (Wildman–Crippen LogP) is 2.08. The van der Waals surface area contributed by atoms with Gasteiger partial charge in [-0.25, -0.2) is 4.98 Å². The molecule has 1 aromatic rings. The van der Waals surface area contributed by atoms with E-state index in [9.17, 15) is 5.11 Å². The summed E-state index contributed by atoms with van der Waals surface area (Å²) in [4.78, 5) is 4.40. The Morgan fingerprint density at radius 3 is 2.92 bits per heavy atom. The van der Waals surface area contributed by atoms with Gasteiger partial charge in [0.05, 0.1) is 16.8 Å². The molecule has 2 nitrogen and oxygen atoms in total. The minimum Gasteiger partial charge on any atom is -0.392 e. The maximum absolute atomic E-state index is 9.62. The van der Waals surface area contributed by atoms with E-state index in [4.69, 9.17) is 0 Å². The third-order valence-electron chi connectivity index (χ3n) is 2.50. The summed E-state index contributed by atoms with van der Waals surface area (Å²) in [5, 5.41) is 12.8. The average Bonchev–Trinajstić information content (AvgIpc) is 2.58. The van der Waals surface area contributed by atoms with E-state index in [0.717, 1.165) is 30.0 Å². The summed E-state index contributed by atoms with van der Waals surface area (Å²) in [6.45, 7) is 2.01. The average molecular weight is 183 g/mol. The molecule has 2 atom stereocenters. The summed E-state index contributed by atoms with van der Waals surface area (Å²) >= 11 is 1.67. The van der Waals surface area contributed by atoms with Crippen molar-refractivity contribution in [3.8, 4) is 0 Å². The van der Waals surface area contributed by atoms with Crippen molar-refractivity contribution in [2.45, 2.75) is 38.2 Å². The van der Waals surface area contributed by atoms with E-state index in [1.54, 1.807) is 11.3 Å². The largest absolute Gasteiger partial charge is 0.392 e. The van der Waals surface area contributed by atoms with Gasteiger partial charge >= 0.3 is 0 Å². The van der Waals surface area contributed by atoms with Crippen LogP contribution in [0, 0.1) is 6.92 Å². The molecule has 0 aliphatic heterocycles. The first-order valence-corrected chi connectivity index (χ1v) is 5.25. The fourth-order valence-electron chi connectivity index (χ4n) is 1.84. The SMILES string of the molecule is Cc1nc([C@@H]2CCC[C@H]2O)cs1. The molecule has 1 saturated carbocycles. The molecule has 3 heteroatoms. The topological polar surface area (TPSA) is 33.1 Å². The molecule has 0 amide bonds. The van der Waals surface area contributed by atoms with Gasteiger partial charge in [0, 0.05) is 11.3 Å². The zero-order valence-electron chi connectivity index (χ0n) is 7.16. The van der Waals surface area contributed by atoms with Crippen LogP contribution in [0.1, 0.15) is 35.9 Å². The zero-order chi connectivity index (χ0) is 8.55. The van der Waals surface area contributed by atoms with Crippen molar-refractivity contribution in [3.63, 3.8) is 0 Å². The van der Waals surface area contributed by atoms with Gasteiger partial charge in [-0.15, -0.1) is 11.3 Å². The van der Waals surface area contributed by atoms with Crippen molar-refractivity contribution in [1.82, 2.24) is 4.98 Å². The van der Waals surface area contributed by atoms with Crippen LogP contribution in [0.5, 0.6) is 0 Å². The molecule has 2 rings (SSSR count). The van der Waals surface area contributed by atoms with Crippen LogP contribution in [0.15, 0.2) is 5.38 Å². The maximum Gasteiger partial charge on any atom is 0.0897 e. The Hall–Kier alpha value is -0.410. The lowest BCUT2D eigenvalue weighted by Crippen LogP contribution is -2.11. The smallest absolute Gasteiger partial charge is 0.0897 e. The number of aliphatic hydroxyl groups excluding tert-OH is 1. The minimum atomic E-state index is -0.147. The lowest BCUT2D eigenvalue weighted by Gasteiger charge is -2.10. The van der Waals surface area contributed by atoms with Gasteiger partial charge in [-0.1, -0.05) is 6.42 Å². The second kappa shape index (κ2) is 3.15. The summed E-state index contributed by atoms with van der Waals surface area (Å²) in [6.07, 6.45) is 3.04. The maximum atomic E-state index is 9.62. The molecule has 1 aromatic heterocycles. The normalized spacial score (nSPS) is 29.5. The number of thiazole rings is 1. The molecule has 0 radical (unpaired) electrons. The molecular formula is C9H13NOS. The van der Waals surface area contributed by atoms with E-state index < -0.39 is 0 Å². The second-order valence-corrected chi connectivity index (χ2v) is 4.46. The minimum absolute atomic E-state index is 0.147. The zero-order valence-corrected chi connectivity index (χ0v) is 7.97. The lowest BCUT2D eigenvalue weighted by molar-refractivity contribution is 0.162. The molecule has 1 heterocycles. The Labute approximate surface area is 76.3 Å². The van der Waals surface area contributed by atoms with Crippen LogP contribution in [0.4, 0.5) is 0 Å². The van der Waals surface area contributed by atoms with E-state index >= 15 is 0 Å².